The highest BCUT2D eigenvalue weighted by atomic mass is 35.5. The summed E-state index contributed by atoms with van der Waals surface area (Å²) in [6.45, 7) is 4.49. The van der Waals surface area contributed by atoms with E-state index in [0.29, 0.717) is 42.0 Å². The molecule has 1 unspecified atom stereocenters. The number of hydrogen-bond acceptors (Lipinski definition) is 6. The molecule has 5 atom stereocenters. The van der Waals surface area contributed by atoms with Gasteiger partial charge < -0.3 is 21.1 Å². The van der Waals surface area contributed by atoms with Crippen molar-refractivity contribution in [1.82, 2.24) is 15.6 Å². The number of anilines is 1. The lowest BCUT2D eigenvalue weighted by Crippen LogP contribution is -2.61. The molecule has 224 valence electrons. The SMILES string of the molecule is CC1(C)CCC2(CC1)NC(C(=O)N[C@@H]1CC[C@@H](C(N)=O)OC1)[C@H](c1ccnc(Cl)c1F)[C@]21C(=O)Nc2cc(Cl)ccc21. The molecule has 9 nitrogen and oxygen atoms in total. The maximum atomic E-state index is 16.0. The molecule has 4 aliphatic rings. The summed E-state index contributed by atoms with van der Waals surface area (Å²) in [5.41, 5.74) is 4.54. The second-order valence-corrected chi connectivity index (χ2v) is 13.6. The monoisotopic (exact) mass is 617 g/mol. The van der Waals surface area contributed by atoms with E-state index in [2.05, 4.69) is 34.8 Å². The Bertz CT molecular complexity index is 1450. The zero-order chi connectivity index (χ0) is 30.0. The number of fused-ring (bicyclic) bond motifs is 3. The lowest BCUT2D eigenvalue weighted by atomic mass is 9.53. The third-order valence-corrected chi connectivity index (χ3v) is 10.4. The van der Waals surface area contributed by atoms with E-state index in [1.165, 1.54) is 12.3 Å². The fourth-order valence-corrected chi connectivity index (χ4v) is 8.05. The number of carbonyl (C=O) groups is 3. The number of primary amides is 1. The van der Waals surface area contributed by atoms with Crippen molar-refractivity contribution in [2.75, 3.05) is 11.9 Å². The van der Waals surface area contributed by atoms with Crippen molar-refractivity contribution >= 4 is 46.6 Å². The van der Waals surface area contributed by atoms with Crippen LogP contribution in [0.5, 0.6) is 0 Å². The van der Waals surface area contributed by atoms with E-state index in [4.69, 9.17) is 33.7 Å². The van der Waals surface area contributed by atoms with Gasteiger partial charge in [0.05, 0.1) is 18.7 Å². The Balaban J connectivity index is 1.49. The van der Waals surface area contributed by atoms with Crippen LogP contribution < -0.4 is 21.7 Å². The molecule has 6 rings (SSSR count). The molecule has 1 saturated carbocycles. The summed E-state index contributed by atoms with van der Waals surface area (Å²) in [5, 5.41) is 9.81. The Labute approximate surface area is 253 Å². The highest BCUT2D eigenvalue weighted by molar-refractivity contribution is 6.31. The maximum Gasteiger partial charge on any atom is 0.246 e. The second kappa shape index (κ2) is 10.4. The number of aromatic nitrogens is 1. The van der Waals surface area contributed by atoms with Gasteiger partial charge in [0.2, 0.25) is 17.7 Å². The lowest BCUT2D eigenvalue weighted by Gasteiger charge is -2.50. The number of nitrogens with one attached hydrogen (secondary N) is 3. The number of rotatable bonds is 4. The minimum Gasteiger partial charge on any atom is -0.367 e. The molecule has 2 aromatic rings. The topological polar surface area (TPSA) is 135 Å². The van der Waals surface area contributed by atoms with Gasteiger partial charge >= 0.3 is 0 Å². The molecule has 4 heterocycles. The Morgan fingerprint density at radius 1 is 1.14 bits per heavy atom. The van der Waals surface area contributed by atoms with Crippen molar-refractivity contribution in [2.45, 2.75) is 87.4 Å². The van der Waals surface area contributed by atoms with E-state index < -0.39 is 46.6 Å². The predicted octanol–water partition coefficient (Wildman–Crippen LogP) is 3.96. The van der Waals surface area contributed by atoms with Crippen LogP contribution in [0.3, 0.4) is 0 Å². The first-order valence-electron chi connectivity index (χ1n) is 14.3. The Morgan fingerprint density at radius 3 is 2.55 bits per heavy atom. The first-order chi connectivity index (χ1) is 19.9. The summed E-state index contributed by atoms with van der Waals surface area (Å²) in [6.07, 6.45) is 4.31. The molecular weight excluding hydrogens is 584 g/mol. The van der Waals surface area contributed by atoms with E-state index in [1.54, 1.807) is 12.1 Å². The number of benzene rings is 1. The molecule has 12 heteroatoms. The van der Waals surface area contributed by atoms with Gasteiger partial charge in [0, 0.05) is 28.4 Å². The van der Waals surface area contributed by atoms with Crippen LogP contribution >= 0.6 is 23.2 Å². The van der Waals surface area contributed by atoms with Crippen molar-refractivity contribution in [3.05, 3.63) is 57.6 Å². The summed E-state index contributed by atoms with van der Waals surface area (Å²) in [5.74, 6) is -2.99. The second-order valence-electron chi connectivity index (χ2n) is 12.8. The van der Waals surface area contributed by atoms with Gasteiger partial charge in [0.1, 0.15) is 11.5 Å². The normalized spacial score (nSPS) is 31.1. The van der Waals surface area contributed by atoms with Crippen LogP contribution in [-0.4, -0.2) is 53.0 Å². The van der Waals surface area contributed by atoms with E-state index in [-0.39, 0.29) is 34.7 Å². The minimum absolute atomic E-state index is 0.0312. The fraction of sp³-hybridized carbons (Fsp3) is 0.533. The van der Waals surface area contributed by atoms with E-state index in [1.807, 2.05) is 6.07 Å². The third kappa shape index (κ3) is 4.49. The molecule has 42 heavy (non-hydrogen) atoms. The first-order valence-corrected chi connectivity index (χ1v) is 15.0. The van der Waals surface area contributed by atoms with E-state index >= 15 is 4.39 Å². The van der Waals surface area contributed by atoms with Crippen LogP contribution in [0.15, 0.2) is 30.5 Å². The number of nitrogens with zero attached hydrogens (tertiary/aromatic N) is 1. The average molecular weight is 619 g/mol. The number of nitrogens with two attached hydrogens (primary N) is 1. The molecule has 2 saturated heterocycles. The smallest absolute Gasteiger partial charge is 0.246 e. The largest absolute Gasteiger partial charge is 0.367 e. The zero-order valence-corrected chi connectivity index (χ0v) is 24.9. The molecule has 2 spiro atoms. The van der Waals surface area contributed by atoms with Gasteiger partial charge in [-0.2, -0.15) is 0 Å². The van der Waals surface area contributed by atoms with E-state index in [0.717, 1.165) is 12.8 Å². The fourth-order valence-electron chi connectivity index (χ4n) is 7.71. The summed E-state index contributed by atoms with van der Waals surface area (Å²) < 4.78 is 21.6. The molecule has 1 aromatic carbocycles. The van der Waals surface area contributed by atoms with Gasteiger partial charge in [0.15, 0.2) is 11.0 Å². The quantitative estimate of drug-likeness (QED) is 0.384. The van der Waals surface area contributed by atoms with Crippen LogP contribution in [0, 0.1) is 11.2 Å². The van der Waals surface area contributed by atoms with Crippen LogP contribution in [0.25, 0.3) is 0 Å². The number of halogens is 3. The van der Waals surface area contributed by atoms with Gasteiger partial charge in [-0.25, -0.2) is 9.37 Å². The number of ether oxygens (including phenoxy) is 1. The summed E-state index contributed by atoms with van der Waals surface area (Å²) in [6, 6.07) is 5.34. The standard InChI is InChI=1S/C30H34Cl2FN5O4/c1-28(2)8-10-29(11-9-28)30(18-5-3-15(31)13-19(18)37-27(30)41)21(17-7-12-35-24(32)22(17)33)23(38-29)26(40)36-16-4-6-20(25(34)39)42-14-16/h3,5,7,12-13,16,20-21,23,38H,4,6,8-11,14H2,1-2H3,(H2,34,39)(H,36,40)(H,37,41)/t16-,20+,21+,23?,30-/m1/s1. The van der Waals surface area contributed by atoms with Crippen molar-refractivity contribution in [2.24, 2.45) is 11.1 Å². The third-order valence-electron chi connectivity index (χ3n) is 9.89. The Kier molecular flexibility index (Phi) is 7.28. The van der Waals surface area contributed by atoms with Crippen molar-refractivity contribution < 1.29 is 23.5 Å². The van der Waals surface area contributed by atoms with Gasteiger partial charge in [-0.3, -0.25) is 19.7 Å². The molecule has 1 aliphatic carbocycles. The van der Waals surface area contributed by atoms with Gasteiger partial charge in [-0.15, -0.1) is 0 Å². The van der Waals surface area contributed by atoms with E-state index in [9.17, 15) is 14.4 Å². The van der Waals surface area contributed by atoms with Crippen molar-refractivity contribution in [3.8, 4) is 0 Å². The zero-order valence-electron chi connectivity index (χ0n) is 23.4. The molecule has 3 aliphatic heterocycles. The number of hydrogen-bond donors (Lipinski definition) is 4. The van der Waals surface area contributed by atoms with Gasteiger partial charge in [0.25, 0.3) is 0 Å². The molecule has 0 bridgehead atoms. The molecule has 3 fully saturated rings. The molecule has 0 radical (unpaired) electrons. The minimum atomic E-state index is -1.35. The van der Waals surface area contributed by atoms with Crippen LogP contribution in [-0.2, 0) is 24.5 Å². The highest BCUT2D eigenvalue weighted by Crippen LogP contribution is 2.64. The van der Waals surface area contributed by atoms with Gasteiger partial charge in [-0.1, -0.05) is 43.1 Å². The Morgan fingerprint density at radius 2 is 1.88 bits per heavy atom. The number of carbonyl (C=O) groups excluding carboxylic acids is 3. The van der Waals surface area contributed by atoms with Crippen molar-refractivity contribution in [1.29, 1.82) is 0 Å². The number of amides is 3. The first kappa shape index (κ1) is 29.3. The van der Waals surface area contributed by atoms with Crippen molar-refractivity contribution in [3.63, 3.8) is 0 Å². The maximum absolute atomic E-state index is 16.0. The van der Waals surface area contributed by atoms with Crippen LogP contribution in [0.2, 0.25) is 10.2 Å². The van der Waals surface area contributed by atoms with Gasteiger partial charge in [-0.05, 0) is 73.3 Å². The van der Waals surface area contributed by atoms with Crippen LogP contribution in [0.4, 0.5) is 10.1 Å². The summed E-state index contributed by atoms with van der Waals surface area (Å²) in [7, 11) is 0. The lowest BCUT2D eigenvalue weighted by molar-refractivity contribution is -0.134. The summed E-state index contributed by atoms with van der Waals surface area (Å²) >= 11 is 12.5. The highest BCUT2D eigenvalue weighted by Gasteiger charge is 2.73. The average Bonchev–Trinajstić information content (AvgIpc) is 3.40. The molecular formula is C30H34Cl2FN5O4. The Hall–Kier alpha value is -2.79. The molecule has 5 N–H and O–H groups in total. The molecule has 3 amide bonds. The number of pyridine rings is 1. The predicted molar refractivity (Wildman–Crippen MR) is 156 cm³/mol. The molecule has 1 aromatic heterocycles. The summed E-state index contributed by atoms with van der Waals surface area (Å²) in [4.78, 5) is 44.2. The van der Waals surface area contributed by atoms with Crippen LogP contribution in [0.1, 0.15) is 69.4 Å².